The molecule has 0 aliphatic rings. The molecule has 0 amide bonds. The minimum atomic E-state index is -0.469. The van der Waals surface area contributed by atoms with Crippen LogP contribution in [-0.2, 0) is 6.61 Å². The molecule has 8 rings (SSSR count). The quantitative estimate of drug-likeness (QED) is 0.104. The summed E-state index contributed by atoms with van der Waals surface area (Å²) in [5.41, 5.74) is 5.61. The molecule has 2 aromatic heterocycles. The largest absolute Gasteiger partial charge is 1.00 e. The first kappa shape index (κ1) is 40.3. The third-order valence-electron chi connectivity index (χ3n) is 8.96. The van der Waals surface area contributed by atoms with Gasteiger partial charge in [0.05, 0.1) is 44.9 Å². The van der Waals surface area contributed by atoms with Crippen LogP contribution in [0, 0.1) is 20.2 Å². The fourth-order valence-electron chi connectivity index (χ4n) is 6.14. The highest BCUT2D eigenvalue weighted by atomic mass is 35.5. The Balaban J connectivity index is 0.00000283. The molecule has 0 radical (unpaired) electrons. The Bertz CT molecular complexity index is 2540. The van der Waals surface area contributed by atoms with E-state index < -0.39 is 9.85 Å². The lowest BCUT2D eigenvalue weighted by molar-refractivity contribution is -0.735. The van der Waals surface area contributed by atoms with Crippen LogP contribution in [0.25, 0.3) is 56.7 Å². The molecule has 0 saturated heterocycles. The number of methoxy groups -OCH3 is 1. The van der Waals surface area contributed by atoms with E-state index in [2.05, 4.69) is 0 Å². The van der Waals surface area contributed by atoms with Gasteiger partial charge < -0.3 is 34.7 Å². The Morgan fingerprint density at radius 3 is 1.45 bits per heavy atom. The Kier molecular flexibility index (Phi) is 11.9. The van der Waals surface area contributed by atoms with Crippen LogP contribution in [0.1, 0.15) is 5.56 Å². The number of rotatable bonds is 11. The molecule has 0 saturated carbocycles. The SMILES string of the molecule is COc1cc(-c2ccc(-[n+]3nc(-c4ccccc4)nn3-c3ccc([N+](=O)[O-])cc3)c(CO)c2)ccc1-[n+]1nc(-c2ccccc2)nn1-c1ccc([N+](=O)[O-])cc1.[Cl-].[Cl-]. The molecule has 58 heavy (non-hydrogen) atoms. The van der Waals surface area contributed by atoms with Crippen LogP contribution in [0.4, 0.5) is 11.4 Å². The third-order valence-corrected chi connectivity index (χ3v) is 8.96. The maximum atomic E-state index is 11.4. The van der Waals surface area contributed by atoms with E-state index in [1.54, 1.807) is 45.8 Å². The molecule has 2 heterocycles. The molecule has 1 N–H and O–H groups in total. The van der Waals surface area contributed by atoms with Crippen molar-refractivity contribution in [1.82, 2.24) is 30.0 Å². The topological polar surface area (TPSA) is 185 Å². The van der Waals surface area contributed by atoms with Gasteiger partial charge in [-0.05, 0) is 116 Å². The number of non-ortho nitro benzene ring substituents is 2. The van der Waals surface area contributed by atoms with Crippen LogP contribution < -0.4 is 39.1 Å². The van der Waals surface area contributed by atoms with Crippen molar-refractivity contribution in [3.8, 4) is 62.4 Å². The highest BCUT2D eigenvalue weighted by Gasteiger charge is 2.28. The molecule has 0 spiro atoms. The summed E-state index contributed by atoms with van der Waals surface area (Å²) in [6.07, 6.45) is 0. The van der Waals surface area contributed by atoms with E-state index in [9.17, 15) is 25.3 Å². The average Bonchev–Trinajstić information content (AvgIpc) is 3.90. The number of tetrazole rings is 2. The van der Waals surface area contributed by atoms with Gasteiger partial charge in [0, 0.05) is 39.4 Å². The number of aliphatic hydroxyl groups excluding tert-OH is 1. The molecule has 0 aliphatic carbocycles. The van der Waals surface area contributed by atoms with Gasteiger partial charge in [0.25, 0.3) is 11.4 Å². The number of nitro benzene ring substituents is 2. The molecule has 0 unspecified atom stereocenters. The maximum Gasteiger partial charge on any atom is 0.340 e. The Morgan fingerprint density at radius 1 is 0.586 bits per heavy atom. The number of benzene rings is 6. The standard InChI is InChI=1S/C40H30N10O6.2ClH/c1-56-38-25-30(13-23-37(38)48-44-40(28-10-6-3-7-11-28)42-46(48)33-16-20-35(21-17-33)50(54)55)29-12-22-36(31(24-29)26-51)47-43-39(27-8-4-2-5-9-27)41-45(47)32-14-18-34(19-15-32)49(52)53;;/h2-25,51H,26H2,1H3;2*1H/q+2;;/p-2. The first-order valence-electron chi connectivity index (χ1n) is 17.1. The van der Waals surface area contributed by atoms with E-state index in [0.717, 1.165) is 22.3 Å². The summed E-state index contributed by atoms with van der Waals surface area (Å²) >= 11 is 0. The van der Waals surface area contributed by atoms with Gasteiger partial charge in [-0.2, -0.15) is 0 Å². The van der Waals surface area contributed by atoms with Crippen molar-refractivity contribution in [2.45, 2.75) is 6.61 Å². The molecule has 0 fully saturated rings. The van der Waals surface area contributed by atoms with Crippen LogP contribution in [0.5, 0.6) is 5.75 Å². The summed E-state index contributed by atoms with van der Waals surface area (Å²) in [4.78, 5) is 28.0. The second-order valence-corrected chi connectivity index (χ2v) is 12.4. The van der Waals surface area contributed by atoms with Crippen LogP contribution in [-0.4, -0.2) is 52.1 Å². The van der Waals surface area contributed by atoms with Gasteiger partial charge in [-0.25, -0.2) is 0 Å². The van der Waals surface area contributed by atoms with Crippen LogP contribution in [0.2, 0.25) is 0 Å². The number of aliphatic hydroxyl groups is 1. The van der Waals surface area contributed by atoms with Crippen molar-refractivity contribution in [2.75, 3.05) is 7.11 Å². The lowest BCUT2D eigenvalue weighted by Crippen LogP contribution is -3.00. The van der Waals surface area contributed by atoms with Crippen molar-refractivity contribution in [3.63, 3.8) is 0 Å². The number of halogens is 2. The summed E-state index contributed by atoms with van der Waals surface area (Å²) in [5.74, 6) is 1.29. The van der Waals surface area contributed by atoms with E-state index in [4.69, 9.17) is 25.1 Å². The molecule has 6 aromatic carbocycles. The van der Waals surface area contributed by atoms with Crippen molar-refractivity contribution in [1.29, 1.82) is 0 Å². The summed E-state index contributed by atoms with van der Waals surface area (Å²) in [7, 11) is 1.54. The lowest BCUT2D eigenvalue weighted by Gasteiger charge is -2.10. The number of hydrogen-bond acceptors (Lipinski definition) is 10. The smallest absolute Gasteiger partial charge is 0.340 e. The van der Waals surface area contributed by atoms with Gasteiger partial charge in [-0.1, -0.05) is 36.4 Å². The van der Waals surface area contributed by atoms with Gasteiger partial charge in [0.15, 0.2) is 11.4 Å². The first-order chi connectivity index (χ1) is 27.3. The number of ether oxygens (including phenoxy) is 1. The molecule has 0 bridgehead atoms. The van der Waals surface area contributed by atoms with Gasteiger partial charge >= 0.3 is 11.6 Å². The van der Waals surface area contributed by atoms with Crippen molar-refractivity contribution >= 4 is 11.4 Å². The van der Waals surface area contributed by atoms with Gasteiger partial charge in [-0.15, -0.1) is 0 Å². The first-order valence-corrected chi connectivity index (χ1v) is 17.1. The van der Waals surface area contributed by atoms with Crippen molar-refractivity contribution < 1.29 is 54.1 Å². The van der Waals surface area contributed by atoms with Crippen LogP contribution >= 0.6 is 0 Å². The molecule has 8 aromatic rings. The minimum absolute atomic E-state index is 0. The summed E-state index contributed by atoms with van der Waals surface area (Å²) < 4.78 is 5.89. The van der Waals surface area contributed by atoms with E-state index in [1.165, 1.54) is 29.1 Å². The predicted molar refractivity (Wildman–Crippen MR) is 201 cm³/mol. The minimum Gasteiger partial charge on any atom is -1.00 e. The Labute approximate surface area is 341 Å². The monoisotopic (exact) mass is 816 g/mol. The van der Waals surface area contributed by atoms with Gasteiger partial charge in [-0.3, -0.25) is 20.2 Å². The third kappa shape index (κ3) is 7.83. The number of aromatic nitrogens is 8. The van der Waals surface area contributed by atoms with E-state index in [0.29, 0.717) is 45.7 Å². The van der Waals surface area contributed by atoms with Crippen LogP contribution in [0.15, 0.2) is 146 Å². The molecule has 18 heteroatoms. The Hall–Kier alpha value is -7.40. The zero-order valence-electron chi connectivity index (χ0n) is 30.3. The summed E-state index contributed by atoms with van der Waals surface area (Å²) in [5, 5.41) is 52.5. The summed E-state index contributed by atoms with van der Waals surface area (Å²) in [6, 6.07) is 41.9. The molecule has 0 aliphatic heterocycles. The van der Waals surface area contributed by atoms with E-state index >= 15 is 0 Å². The molecular weight excluding hydrogens is 787 g/mol. The van der Waals surface area contributed by atoms with E-state index in [-0.39, 0.29) is 42.8 Å². The Morgan fingerprint density at radius 2 is 1.02 bits per heavy atom. The average molecular weight is 818 g/mol. The molecule has 0 atom stereocenters. The van der Waals surface area contributed by atoms with Crippen molar-refractivity contribution in [2.24, 2.45) is 0 Å². The molecule has 290 valence electrons. The predicted octanol–water partition coefficient (Wildman–Crippen LogP) is -0.272. The number of hydrogen-bond donors (Lipinski definition) is 1. The van der Waals surface area contributed by atoms with Gasteiger partial charge in [0.1, 0.15) is 11.4 Å². The number of nitro groups is 2. The highest BCUT2D eigenvalue weighted by molar-refractivity contribution is 5.69. The maximum absolute atomic E-state index is 11.4. The highest BCUT2D eigenvalue weighted by Crippen LogP contribution is 2.30. The second-order valence-electron chi connectivity index (χ2n) is 12.4. The summed E-state index contributed by atoms with van der Waals surface area (Å²) in [6.45, 7) is -0.338. The van der Waals surface area contributed by atoms with Gasteiger partial charge in [0.2, 0.25) is 5.69 Å². The fourth-order valence-corrected chi connectivity index (χ4v) is 6.14. The zero-order valence-corrected chi connectivity index (χ0v) is 31.8. The van der Waals surface area contributed by atoms with Crippen LogP contribution in [0.3, 0.4) is 0 Å². The normalized spacial score (nSPS) is 10.7. The number of nitrogens with zero attached hydrogens (tertiary/aromatic N) is 10. The fraction of sp³-hybridized carbons (Fsp3) is 0.0500. The molecular formula is C40H30Cl2N10O6. The lowest BCUT2D eigenvalue weighted by atomic mass is 10.0. The van der Waals surface area contributed by atoms with Crippen molar-refractivity contribution in [3.05, 3.63) is 171 Å². The molecule has 16 nitrogen and oxygen atoms in total. The van der Waals surface area contributed by atoms with E-state index in [1.807, 2.05) is 97.1 Å². The zero-order chi connectivity index (χ0) is 38.8. The second kappa shape index (κ2) is 17.2.